The lowest BCUT2D eigenvalue weighted by Gasteiger charge is -2.11. The van der Waals surface area contributed by atoms with Gasteiger partial charge in [0.05, 0.1) is 0 Å². The Balaban J connectivity index is 0.000000220. The SMILES string of the molecule is C=C(C)C(=O)OCc1cccc(Oc2ccccc2)c1.C=CC(=O)OCCOc1ccccc1-c1ccccc1. The zero-order valence-electron chi connectivity index (χ0n) is 22.5. The fourth-order valence-corrected chi connectivity index (χ4v) is 3.40. The van der Waals surface area contributed by atoms with Gasteiger partial charge in [0.2, 0.25) is 0 Å². The number of rotatable bonds is 11. The Bertz CT molecular complexity index is 1400. The van der Waals surface area contributed by atoms with Crippen molar-refractivity contribution >= 4 is 11.9 Å². The Labute approximate surface area is 235 Å². The fourth-order valence-electron chi connectivity index (χ4n) is 3.40. The molecule has 0 spiro atoms. The molecule has 6 heteroatoms. The van der Waals surface area contributed by atoms with E-state index in [1.165, 1.54) is 0 Å². The highest BCUT2D eigenvalue weighted by Crippen LogP contribution is 2.29. The number of hydrogen-bond donors (Lipinski definition) is 0. The van der Waals surface area contributed by atoms with Crippen molar-refractivity contribution in [1.82, 2.24) is 0 Å². The van der Waals surface area contributed by atoms with E-state index in [1.54, 1.807) is 6.92 Å². The van der Waals surface area contributed by atoms with Crippen LogP contribution in [0.3, 0.4) is 0 Å². The van der Waals surface area contributed by atoms with Gasteiger partial charge in [0.15, 0.2) is 0 Å². The molecule has 0 aliphatic rings. The van der Waals surface area contributed by atoms with E-state index in [2.05, 4.69) is 13.2 Å². The standard InChI is InChI=1S/2C17H16O3/c1-13(2)17(18)19-12-14-7-6-10-16(11-14)20-15-8-4-3-5-9-15;1-2-17(18)20-13-12-19-16-11-7-6-10-15(16)14-8-4-3-5-9-14/h3-11H,1,12H2,2H3;2-11H,1,12-13H2. The Morgan fingerprint density at radius 1 is 0.750 bits per heavy atom. The molecule has 0 aliphatic heterocycles. The minimum atomic E-state index is -0.440. The molecule has 4 rings (SSSR count). The summed E-state index contributed by atoms with van der Waals surface area (Å²) in [6, 6.07) is 34.7. The van der Waals surface area contributed by atoms with Gasteiger partial charge in [-0.05, 0) is 48.4 Å². The zero-order chi connectivity index (χ0) is 28.6. The van der Waals surface area contributed by atoms with Crippen molar-refractivity contribution in [3.63, 3.8) is 0 Å². The molecule has 40 heavy (non-hydrogen) atoms. The van der Waals surface area contributed by atoms with Crippen LogP contribution in [0.5, 0.6) is 17.2 Å². The van der Waals surface area contributed by atoms with Crippen LogP contribution in [0.4, 0.5) is 0 Å². The van der Waals surface area contributed by atoms with Gasteiger partial charge in [0.1, 0.15) is 37.1 Å². The van der Waals surface area contributed by atoms with Crippen molar-refractivity contribution in [3.05, 3.63) is 140 Å². The topological polar surface area (TPSA) is 71.1 Å². The minimum Gasteiger partial charge on any atom is -0.489 e. The van der Waals surface area contributed by atoms with Gasteiger partial charge in [-0.15, -0.1) is 0 Å². The third-order valence-corrected chi connectivity index (χ3v) is 5.32. The van der Waals surface area contributed by atoms with Gasteiger partial charge < -0.3 is 18.9 Å². The molecule has 6 nitrogen and oxygen atoms in total. The average molecular weight is 537 g/mol. The lowest BCUT2D eigenvalue weighted by molar-refractivity contribution is -0.140. The maximum atomic E-state index is 11.3. The van der Waals surface area contributed by atoms with E-state index in [9.17, 15) is 9.59 Å². The highest BCUT2D eigenvalue weighted by molar-refractivity contribution is 5.86. The lowest BCUT2D eigenvalue weighted by Crippen LogP contribution is -2.10. The lowest BCUT2D eigenvalue weighted by atomic mass is 10.1. The van der Waals surface area contributed by atoms with Gasteiger partial charge in [0.25, 0.3) is 0 Å². The molecular formula is C34H32O6. The first-order valence-electron chi connectivity index (χ1n) is 12.7. The first kappa shape index (κ1) is 29.5. The van der Waals surface area contributed by atoms with Crippen molar-refractivity contribution in [2.75, 3.05) is 13.2 Å². The molecule has 0 saturated carbocycles. The average Bonchev–Trinajstić information content (AvgIpc) is 2.99. The first-order valence-corrected chi connectivity index (χ1v) is 12.7. The van der Waals surface area contributed by atoms with Crippen LogP contribution in [0.2, 0.25) is 0 Å². The first-order chi connectivity index (χ1) is 19.5. The van der Waals surface area contributed by atoms with Crippen LogP contribution in [0.25, 0.3) is 11.1 Å². The molecule has 0 atom stereocenters. The predicted octanol–water partition coefficient (Wildman–Crippen LogP) is 7.56. The molecule has 0 bridgehead atoms. The van der Waals surface area contributed by atoms with Gasteiger partial charge >= 0.3 is 11.9 Å². The van der Waals surface area contributed by atoms with E-state index in [1.807, 2.05) is 109 Å². The second-order valence-corrected chi connectivity index (χ2v) is 8.50. The maximum Gasteiger partial charge on any atom is 0.333 e. The molecule has 0 unspecified atom stereocenters. The summed E-state index contributed by atoms with van der Waals surface area (Å²) < 4.78 is 21.4. The number of ether oxygens (including phenoxy) is 4. The van der Waals surface area contributed by atoms with Crippen LogP contribution in [-0.2, 0) is 25.7 Å². The highest BCUT2D eigenvalue weighted by atomic mass is 16.6. The van der Waals surface area contributed by atoms with Crippen molar-refractivity contribution in [1.29, 1.82) is 0 Å². The third-order valence-electron chi connectivity index (χ3n) is 5.32. The van der Waals surface area contributed by atoms with Crippen LogP contribution < -0.4 is 9.47 Å². The van der Waals surface area contributed by atoms with E-state index in [4.69, 9.17) is 18.9 Å². The smallest absolute Gasteiger partial charge is 0.333 e. The fraction of sp³-hybridized carbons (Fsp3) is 0.118. The van der Waals surface area contributed by atoms with Crippen molar-refractivity contribution < 1.29 is 28.5 Å². The molecule has 0 aromatic heterocycles. The molecule has 0 amide bonds. The van der Waals surface area contributed by atoms with Crippen LogP contribution in [-0.4, -0.2) is 25.2 Å². The van der Waals surface area contributed by atoms with E-state index in [0.29, 0.717) is 17.9 Å². The van der Waals surface area contributed by atoms with Crippen molar-refractivity contribution in [3.8, 4) is 28.4 Å². The normalized spacial score (nSPS) is 9.82. The number of hydrogen-bond acceptors (Lipinski definition) is 6. The Hall–Kier alpha value is -5.10. The minimum absolute atomic E-state index is 0.202. The summed E-state index contributed by atoms with van der Waals surface area (Å²) >= 11 is 0. The molecule has 4 aromatic rings. The van der Waals surface area contributed by atoms with E-state index in [-0.39, 0.29) is 19.2 Å². The van der Waals surface area contributed by atoms with Crippen molar-refractivity contribution in [2.45, 2.75) is 13.5 Å². The zero-order valence-corrected chi connectivity index (χ0v) is 22.5. The van der Waals surface area contributed by atoms with Gasteiger partial charge in [-0.2, -0.15) is 0 Å². The number of benzene rings is 4. The second kappa shape index (κ2) is 16.0. The molecule has 204 valence electrons. The summed E-state index contributed by atoms with van der Waals surface area (Å²) in [6.45, 7) is 9.22. The molecule has 0 fully saturated rings. The second-order valence-electron chi connectivity index (χ2n) is 8.50. The molecule has 0 N–H and O–H groups in total. The number of para-hydroxylation sites is 2. The monoisotopic (exact) mass is 536 g/mol. The summed E-state index contributed by atoms with van der Waals surface area (Å²) in [5.74, 6) is 1.42. The molecule has 0 saturated heterocycles. The predicted molar refractivity (Wildman–Crippen MR) is 156 cm³/mol. The number of carbonyl (C=O) groups excluding carboxylic acids is 2. The number of carbonyl (C=O) groups is 2. The van der Waals surface area contributed by atoms with E-state index >= 15 is 0 Å². The van der Waals surface area contributed by atoms with Crippen LogP contribution >= 0.6 is 0 Å². The van der Waals surface area contributed by atoms with Gasteiger partial charge in [-0.1, -0.05) is 92.0 Å². The highest BCUT2D eigenvalue weighted by Gasteiger charge is 2.06. The maximum absolute atomic E-state index is 11.3. The van der Waals surface area contributed by atoms with E-state index in [0.717, 1.165) is 34.3 Å². The summed E-state index contributed by atoms with van der Waals surface area (Å²) in [7, 11) is 0. The molecule has 0 radical (unpaired) electrons. The molecular weight excluding hydrogens is 504 g/mol. The quantitative estimate of drug-likeness (QED) is 0.112. The van der Waals surface area contributed by atoms with Crippen molar-refractivity contribution in [2.24, 2.45) is 0 Å². The van der Waals surface area contributed by atoms with E-state index < -0.39 is 5.97 Å². The van der Waals surface area contributed by atoms with Gasteiger partial charge in [-0.25, -0.2) is 9.59 Å². The van der Waals surface area contributed by atoms with Crippen LogP contribution in [0.15, 0.2) is 134 Å². The molecule has 0 aliphatic carbocycles. The molecule has 0 heterocycles. The summed E-state index contributed by atoms with van der Waals surface area (Å²) in [6.07, 6.45) is 1.14. The van der Waals surface area contributed by atoms with Crippen LogP contribution in [0.1, 0.15) is 12.5 Å². The largest absolute Gasteiger partial charge is 0.489 e. The van der Waals surface area contributed by atoms with Gasteiger partial charge in [0, 0.05) is 17.2 Å². The Kier molecular flexibility index (Phi) is 11.8. The third kappa shape index (κ3) is 9.99. The molecule has 4 aromatic carbocycles. The van der Waals surface area contributed by atoms with Crippen LogP contribution in [0, 0.1) is 0 Å². The Morgan fingerprint density at radius 2 is 1.40 bits per heavy atom. The summed E-state index contributed by atoms with van der Waals surface area (Å²) in [5, 5.41) is 0. The summed E-state index contributed by atoms with van der Waals surface area (Å²) in [4.78, 5) is 22.3. The van der Waals surface area contributed by atoms with Gasteiger partial charge in [-0.3, -0.25) is 0 Å². The Morgan fingerprint density at radius 3 is 2.10 bits per heavy atom. The number of esters is 2. The summed E-state index contributed by atoms with van der Waals surface area (Å²) in [5.41, 5.74) is 3.36.